The van der Waals surface area contributed by atoms with Gasteiger partial charge in [-0.25, -0.2) is 4.98 Å². The number of benzene rings is 1. The standard InChI is InChI=1S/C19H20N6O2/c20-14-7-5-13(6-8-14)18(27)24-17-12-16(15-4-1-2-9-21-15)23-19(25-17)22-10-3-11-26/h1-2,4-9,12,26H,3,10-11,20H2,(H2,22,23,24,25,27). The molecule has 0 unspecified atom stereocenters. The van der Waals surface area contributed by atoms with E-state index >= 15 is 0 Å². The van der Waals surface area contributed by atoms with Gasteiger partial charge < -0.3 is 21.5 Å². The number of rotatable bonds is 7. The largest absolute Gasteiger partial charge is 0.399 e. The average Bonchev–Trinajstić information content (AvgIpc) is 2.69. The van der Waals surface area contributed by atoms with E-state index in [2.05, 4.69) is 25.6 Å². The van der Waals surface area contributed by atoms with E-state index in [-0.39, 0.29) is 12.5 Å². The Hall–Kier alpha value is -3.52. The Morgan fingerprint density at radius 1 is 1.07 bits per heavy atom. The van der Waals surface area contributed by atoms with Crippen molar-refractivity contribution in [2.45, 2.75) is 6.42 Å². The maximum Gasteiger partial charge on any atom is 0.256 e. The van der Waals surface area contributed by atoms with Crippen molar-refractivity contribution in [2.24, 2.45) is 0 Å². The van der Waals surface area contributed by atoms with Crippen molar-refractivity contribution < 1.29 is 9.90 Å². The Kier molecular flexibility index (Phi) is 5.91. The molecule has 0 aliphatic rings. The number of nitrogens with zero attached hydrogens (tertiary/aromatic N) is 3. The quantitative estimate of drug-likeness (QED) is 0.374. The highest BCUT2D eigenvalue weighted by Crippen LogP contribution is 2.20. The third-order valence-corrected chi connectivity index (χ3v) is 3.69. The molecule has 8 nitrogen and oxygen atoms in total. The van der Waals surface area contributed by atoms with Crippen molar-refractivity contribution in [3.05, 3.63) is 60.3 Å². The summed E-state index contributed by atoms with van der Waals surface area (Å²) in [5.41, 5.74) is 7.94. The van der Waals surface area contributed by atoms with E-state index < -0.39 is 0 Å². The molecule has 8 heteroatoms. The third-order valence-electron chi connectivity index (χ3n) is 3.69. The molecule has 0 aliphatic heterocycles. The fraction of sp³-hybridized carbons (Fsp3) is 0.158. The van der Waals surface area contributed by atoms with Crippen molar-refractivity contribution in [1.82, 2.24) is 15.0 Å². The number of hydrogen-bond donors (Lipinski definition) is 4. The molecule has 0 bridgehead atoms. The molecule has 1 amide bonds. The molecule has 0 radical (unpaired) electrons. The van der Waals surface area contributed by atoms with Crippen LogP contribution in [0.15, 0.2) is 54.7 Å². The van der Waals surface area contributed by atoms with Crippen LogP contribution >= 0.6 is 0 Å². The van der Waals surface area contributed by atoms with Gasteiger partial charge in [0.25, 0.3) is 5.91 Å². The van der Waals surface area contributed by atoms with E-state index in [4.69, 9.17) is 10.8 Å². The second kappa shape index (κ2) is 8.72. The van der Waals surface area contributed by atoms with Gasteiger partial charge in [-0.15, -0.1) is 0 Å². The first kappa shape index (κ1) is 18.3. The number of anilines is 3. The lowest BCUT2D eigenvalue weighted by atomic mass is 10.2. The number of hydrogen-bond acceptors (Lipinski definition) is 7. The van der Waals surface area contributed by atoms with E-state index in [1.807, 2.05) is 18.2 Å². The predicted octanol–water partition coefficient (Wildman–Crippen LogP) is 2.17. The summed E-state index contributed by atoms with van der Waals surface area (Å²) in [6.45, 7) is 0.571. The molecular weight excluding hydrogens is 344 g/mol. The Balaban J connectivity index is 1.87. The molecule has 5 N–H and O–H groups in total. The van der Waals surface area contributed by atoms with Gasteiger partial charge in [-0.3, -0.25) is 9.78 Å². The monoisotopic (exact) mass is 364 g/mol. The van der Waals surface area contributed by atoms with Crippen LogP contribution in [0.2, 0.25) is 0 Å². The summed E-state index contributed by atoms with van der Waals surface area (Å²) in [4.78, 5) is 25.5. The van der Waals surface area contributed by atoms with Crippen LogP contribution in [0.25, 0.3) is 11.4 Å². The summed E-state index contributed by atoms with van der Waals surface area (Å²) in [6, 6.07) is 13.8. The van der Waals surface area contributed by atoms with Crippen LogP contribution in [0, 0.1) is 0 Å². The third kappa shape index (κ3) is 4.99. The minimum atomic E-state index is -0.304. The van der Waals surface area contributed by atoms with Gasteiger partial charge in [-0.1, -0.05) is 6.07 Å². The molecular formula is C19H20N6O2. The fourth-order valence-electron chi connectivity index (χ4n) is 2.34. The Bertz CT molecular complexity index is 900. The van der Waals surface area contributed by atoms with E-state index in [0.29, 0.717) is 47.4 Å². The molecule has 0 atom stereocenters. The summed E-state index contributed by atoms with van der Waals surface area (Å²) in [5.74, 6) is 0.389. The Labute approximate surface area is 156 Å². The average molecular weight is 364 g/mol. The zero-order chi connectivity index (χ0) is 19.1. The molecule has 2 heterocycles. The van der Waals surface area contributed by atoms with Gasteiger partial charge in [0.05, 0.1) is 11.4 Å². The van der Waals surface area contributed by atoms with Gasteiger partial charge in [-0.05, 0) is 42.8 Å². The molecule has 3 aromatic rings. The van der Waals surface area contributed by atoms with E-state index in [1.165, 1.54) is 0 Å². The van der Waals surface area contributed by atoms with Crippen LogP contribution in [0.5, 0.6) is 0 Å². The molecule has 27 heavy (non-hydrogen) atoms. The summed E-state index contributed by atoms with van der Waals surface area (Å²) in [5, 5.41) is 14.7. The lowest BCUT2D eigenvalue weighted by Gasteiger charge is -2.10. The zero-order valence-electron chi connectivity index (χ0n) is 14.6. The maximum absolute atomic E-state index is 12.5. The molecule has 3 rings (SSSR count). The van der Waals surface area contributed by atoms with Gasteiger partial charge >= 0.3 is 0 Å². The summed E-state index contributed by atoms with van der Waals surface area (Å²) in [7, 11) is 0. The molecule has 0 fully saturated rings. The Morgan fingerprint density at radius 2 is 1.89 bits per heavy atom. The van der Waals surface area contributed by atoms with E-state index in [1.54, 1.807) is 36.5 Å². The number of carbonyl (C=O) groups is 1. The lowest BCUT2D eigenvalue weighted by molar-refractivity contribution is 0.102. The topological polar surface area (TPSA) is 126 Å². The van der Waals surface area contributed by atoms with Gasteiger partial charge in [-0.2, -0.15) is 4.98 Å². The molecule has 0 saturated heterocycles. The second-order valence-electron chi connectivity index (χ2n) is 5.76. The molecule has 1 aromatic carbocycles. The van der Waals surface area contributed by atoms with Crippen molar-refractivity contribution in [2.75, 3.05) is 29.5 Å². The molecule has 0 saturated carbocycles. The van der Waals surface area contributed by atoms with Crippen molar-refractivity contribution in [1.29, 1.82) is 0 Å². The number of aromatic nitrogens is 3. The van der Waals surface area contributed by atoms with Gasteiger partial charge in [0.15, 0.2) is 0 Å². The van der Waals surface area contributed by atoms with Gasteiger partial charge in [0.2, 0.25) is 5.95 Å². The van der Waals surface area contributed by atoms with Gasteiger partial charge in [0, 0.05) is 36.7 Å². The van der Waals surface area contributed by atoms with Crippen molar-refractivity contribution >= 4 is 23.4 Å². The maximum atomic E-state index is 12.5. The number of nitrogens with two attached hydrogens (primary N) is 1. The van der Waals surface area contributed by atoms with Crippen LogP contribution in [-0.4, -0.2) is 39.1 Å². The molecule has 0 spiro atoms. The number of carbonyl (C=O) groups excluding carboxylic acids is 1. The summed E-state index contributed by atoms with van der Waals surface area (Å²) < 4.78 is 0. The van der Waals surface area contributed by atoms with Crippen LogP contribution < -0.4 is 16.4 Å². The van der Waals surface area contributed by atoms with Crippen LogP contribution in [0.1, 0.15) is 16.8 Å². The number of aliphatic hydroxyl groups is 1. The molecule has 138 valence electrons. The first-order valence-electron chi connectivity index (χ1n) is 8.48. The first-order valence-corrected chi connectivity index (χ1v) is 8.48. The Morgan fingerprint density at radius 3 is 2.59 bits per heavy atom. The molecule has 0 aliphatic carbocycles. The second-order valence-corrected chi connectivity index (χ2v) is 5.76. The number of nitrogen functional groups attached to an aromatic ring is 1. The highest BCUT2D eigenvalue weighted by Gasteiger charge is 2.11. The van der Waals surface area contributed by atoms with Gasteiger partial charge in [0.1, 0.15) is 5.82 Å². The van der Waals surface area contributed by atoms with Crippen LogP contribution in [-0.2, 0) is 0 Å². The van der Waals surface area contributed by atoms with Crippen LogP contribution in [0.4, 0.5) is 17.5 Å². The van der Waals surface area contributed by atoms with Crippen molar-refractivity contribution in [3.8, 4) is 11.4 Å². The summed E-state index contributed by atoms with van der Waals surface area (Å²) >= 11 is 0. The number of amides is 1. The SMILES string of the molecule is Nc1ccc(C(=O)Nc2cc(-c3ccccn3)nc(NCCCO)n2)cc1. The summed E-state index contributed by atoms with van der Waals surface area (Å²) in [6.07, 6.45) is 2.23. The minimum absolute atomic E-state index is 0.0632. The highest BCUT2D eigenvalue weighted by molar-refractivity contribution is 6.04. The number of aliphatic hydroxyl groups excluding tert-OH is 1. The van der Waals surface area contributed by atoms with Crippen molar-refractivity contribution in [3.63, 3.8) is 0 Å². The smallest absolute Gasteiger partial charge is 0.256 e. The first-order chi connectivity index (χ1) is 13.2. The number of pyridine rings is 1. The van der Waals surface area contributed by atoms with E-state index in [0.717, 1.165) is 0 Å². The fourth-order valence-corrected chi connectivity index (χ4v) is 2.34. The minimum Gasteiger partial charge on any atom is -0.399 e. The molecule has 2 aromatic heterocycles. The highest BCUT2D eigenvalue weighted by atomic mass is 16.3. The lowest BCUT2D eigenvalue weighted by Crippen LogP contribution is -2.15. The normalized spacial score (nSPS) is 10.4. The van der Waals surface area contributed by atoms with Crippen LogP contribution in [0.3, 0.4) is 0 Å². The predicted molar refractivity (Wildman–Crippen MR) is 104 cm³/mol. The van der Waals surface area contributed by atoms with E-state index in [9.17, 15) is 4.79 Å². The zero-order valence-corrected chi connectivity index (χ0v) is 14.6. The number of nitrogens with one attached hydrogen (secondary N) is 2.